The van der Waals surface area contributed by atoms with Crippen LogP contribution in [0.25, 0.3) is 0 Å². The van der Waals surface area contributed by atoms with Crippen LogP contribution in [0.15, 0.2) is 17.0 Å². The van der Waals surface area contributed by atoms with Crippen LogP contribution in [-0.2, 0) is 0 Å². The van der Waals surface area contributed by atoms with E-state index in [-0.39, 0.29) is 0 Å². The molecule has 2 rings (SSSR count). The van der Waals surface area contributed by atoms with E-state index in [9.17, 15) is 5.11 Å². The van der Waals surface area contributed by atoms with Crippen LogP contribution in [-0.4, -0.2) is 5.11 Å². The summed E-state index contributed by atoms with van der Waals surface area (Å²) in [6, 6.07) is 0. The molecular formula is C12H15ClOS. The Balaban J connectivity index is 2.23. The SMILES string of the molecule is Cc1csc(C(O)C2=CCCCC2)c1Cl. The zero-order valence-corrected chi connectivity index (χ0v) is 10.4. The van der Waals surface area contributed by atoms with Gasteiger partial charge in [-0.1, -0.05) is 17.7 Å². The van der Waals surface area contributed by atoms with Gasteiger partial charge in [0.05, 0.1) is 9.90 Å². The fourth-order valence-electron chi connectivity index (χ4n) is 1.91. The number of allylic oxidation sites excluding steroid dienone is 1. The molecule has 1 aromatic heterocycles. The Morgan fingerprint density at radius 3 is 2.80 bits per heavy atom. The molecule has 0 saturated carbocycles. The first-order chi connectivity index (χ1) is 7.20. The minimum absolute atomic E-state index is 0.475. The van der Waals surface area contributed by atoms with E-state index in [1.165, 1.54) is 12.8 Å². The van der Waals surface area contributed by atoms with Crippen LogP contribution in [0, 0.1) is 6.92 Å². The number of aliphatic hydroxyl groups excluding tert-OH is 1. The highest BCUT2D eigenvalue weighted by Crippen LogP contribution is 2.38. The van der Waals surface area contributed by atoms with Gasteiger partial charge in [-0.15, -0.1) is 11.3 Å². The van der Waals surface area contributed by atoms with Crippen molar-refractivity contribution in [2.75, 3.05) is 0 Å². The number of halogens is 1. The molecule has 3 heteroatoms. The second-order valence-electron chi connectivity index (χ2n) is 4.02. The van der Waals surface area contributed by atoms with Crippen molar-refractivity contribution >= 4 is 22.9 Å². The first-order valence-corrected chi connectivity index (χ1v) is 6.56. The lowest BCUT2D eigenvalue weighted by Gasteiger charge is -2.18. The van der Waals surface area contributed by atoms with E-state index in [0.717, 1.165) is 33.9 Å². The minimum Gasteiger partial charge on any atom is -0.383 e. The molecule has 0 amide bonds. The summed E-state index contributed by atoms with van der Waals surface area (Å²) < 4.78 is 0. The van der Waals surface area contributed by atoms with Crippen LogP contribution >= 0.6 is 22.9 Å². The Hall–Kier alpha value is -0.310. The Morgan fingerprint density at radius 1 is 1.47 bits per heavy atom. The third-order valence-electron chi connectivity index (χ3n) is 2.85. The number of aliphatic hydroxyl groups is 1. The highest BCUT2D eigenvalue weighted by Gasteiger charge is 2.20. The molecule has 82 valence electrons. The predicted octanol–water partition coefficient (Wildman–Crippen LogP) is 4.24. The summed E-state index contributed by atoms with van der Waals surface area (Å²) >= 11 is 7.70. The van der Waals surface area contributed by atoms with Crippen molar-refractivity contribution in [3.63, 3.8) is 0 Å². The molecule has 1 heterocycles. The van der Waals surface area contributed by atoms with E-state index in [1.54, 1.807) is 11.3 Å². The average Bonchev–Trinajstić information content (AvgIpc) is 2.60. The first kappa shape index (κ1) is 11.2. The predicted molar refractivity (Wildman–Crippen MR) is 65.6 cm³/mol. The number of hydrogen-bond donors (Lipinski definition) is 1. The third kappa shape index (κ3) is 2.27. The Labute approximate surface area is 99.4 Å². The molecule has 0 aliphatic heterocycles. The summed E-state index contributed by atoms with van der Waals surface area (Å²) in [5.41, 5.74) is 2.21. The maximum atomic E-state index is 10.2. The first-order valence-electron chi connectivity index (χ1n) is 5.30. The lowest BCUT2D eigenvalue weighted by molar-refractivity contribution is 0.212. The molecule has 0 fully saturated rings. The van der Waals surface area contributed by atoms with Crippen molar-refractivity contribution in [2.45, 2.75) is 38.7 Å². The summed E-state index contributed by atoms with van der Waals surface area (Å²) in [4.78, 5) is 0.905. The van der Waals surface area contributed by atoms with E-state index in [1.807, 2.05) is 12.3 Å². The molecule has 0 aromatic carbocycles. The van der Waals surface area contributed by atoms with E-state index < -0.39 is 6.10 Å². The highest BCUT2D eigenvalue weighted by atomic mass is 35.5. The van der Waals surface area contributed by atoms with Crippen LogP contribution in [0.3, 0.4) is 0 Å². The van der Waals surface area contributed by atoms with Gasteiger partial charge >= 0.3 is 0 Å². The second kappa shape index (κ2) is 4.69. The number of hydrogen-bond acceptors (Lipinski definition) is 2. The van der Waals surface area contributed by atoms with E-state index in [0.29, 0.717) is 0 Å². The summed E-state index contributed by atoms with van der Waals surface area (Å²) in [5.74, 6) is 0. The van der Waals surface area contributed by atoms with Gasteiger partial charge in [-0.2, -0.15) is 0 Å². The molecule has 0 bridgehead atoms. The lowest BCUT2D eigenvalue weighted by Crippen LogP contribution is -2.03. The monoisotopic (exact) mass is 242 g/mol. The van der Waals surface area contributed by atoms with Crippen LogP contribution in [0.5, 0.6) is 0 Å². The maximum absolute atomic E-state index is 10.2. The van der Waals surface area contributed by atoms with Crippen molar-refractivity contribution in [2.24, 2.45) is 0 Å². The van der Waals surface area contributed by atoms with Gasteiger partial charge in [-0.25, -0.2) is 0 Å². The molecule has 0 spiro atoms. The normalized spacial score (nSPS) is 18.7. The molecular weight excluding hydrogens is 228 g/mol. The van der Waals surface area contributed by atoms with Crippen molar-refractivity contribution in [3.8, 4) is 0 Å². The average molecular weight is 243 g/mol. The minimum atomic E-state index is -0.475. The fourth-order valence-corrected chi connectivity index (χ4v) is 3.24. The van der Waals surface area contributed by atoms with Gasteiger partial charge in [0.15, 0.2) is 0 Å². The highest BCUT2D eigenvalue weighted by molar-refractivity contribution is 7.10. The van der Waals surface area contributed by atoms with E-state index in [4.69, 9.17) is 11.6 Å². The van der Waals surface area contributed by atoms with Crippen molar-refractivity contribution in [1.82, 2.24) is 0 Å². The van der Waals surface area contributed by atoms with E-state index in [2.05, 4.69) is 6.08 Å². The van der Waals surface area contributed by atoms with Gasteiger partial charge in [-0.3, -0.25) is 0 Å². The van der Waals surface area contributed by atoms with Gasteiger partial charge in [0, 0.05) is 0 Å². The molecule has 1 aliphatic carbocycles. The molecule has 0 radical (unpaired) electrons. The topological polar surface area (TPSA) is 20.2 Å². The van der Waals surface area contributed by atoms with Gasteiger partial charge in [0.1, 0.15) is 6.10 Å². The van der Waals surface area contributed by atoms with Crippen LogP contribution in [0.2, 0.25) is 5.02 Å². The zero-order chi connectivity index (χ0) is 10.8. The number of aryl methyl sites for hydroxylation is 1. The molecule has 0 saturated heterocycles. The van der Waals surface area contributed by atoms with Crippen LogP contribution in [0.1, 0.15) is 42.2 Å². The molecule has 1 aromatic rings. The van der Waals surface area contributed by atoms with Gasteiger partial charge < -0.3 is 5.11 Å². The van der Waals surface area contributed by atoms with Gasteiger partial charge in [0.25, 0.3) is 0 Å². The molecule has 1 nitrogen and oxygen atoms in total. The lowest BCUT2D eigenvalue weighted by atomic mass is 9.94. The molecule has 1 atom stereocenters. The fraction of sp³-hybridized carbons (Fsp3) is 0.500. The quantitative estimate of drug-likeness (QED) is 0.769. The molecule has 1 aliphatic rings. The summed E-state index contributed by atoms with van der Waals surface area (Å²) in [5, 5.41) is 12.9. The standard InChI is InChI=1S/C12H15ClOS/c1-8-7-15-12(10(8)13)11(14)9-5-3-2-4-6-9/h5,7,11,14H,2-4,6H2,1H3. The largest absolute Gasteiger partial charge is 0.383 e. The summed E-state index contributed by atoms with van der Waals surface area (Å²) in [7, 11) is 0. The number of rotatable bonds is 2. The van der Waals surface area contributed by atoms with E-state index >= 15 is 0 Å². The Bertz CT molecular complexity index is 381. The van der Waals surface area contributed by atoms with Crippen molar-refractivity contribution < 1.29 is 5.11 Å². The van der Waals surface area contributed by atoms with Crippen molar-refractivity contribution in [1.29, 1.82) is 0 Å². The smallest absolute Gasteiger partial charge is 0.111 e. The third-order valence-corrected chi connectivity index (χ3v) is 4.62. The maximum Gasteiger partial charge on any atom is 0.111 e. The molecule has 1 N–H and O–H groups in total. The number of thiophene rings is 1. The van der Waals surface area contributed by atoms with Crippen LogP contribution in [0.4, 0.5) is 0 Å². The summed E-state index contributed by atoms with van der Waals surface area (Å²) in [6.45, 7) is 1.98. The summed E-state index contributed by atoms with van der Waals surface area (Å²) in [6.07, 6.45) is 6.22. The Morgan fingerprint density at radius 2 is 2.27 bits per heavy atom. The van der Waals surface area contributed by atoms with Gasteiger partial charge in [0.2, 0.25) is 0 Å². The molecule has 15 heavy (non-hydrogen) atoms. The van der Waals surface area contributed by atoms with Crippen LogP contribution < -0.4 is 0 Å². The Kier molecular flexibility index (Phi) is 3.49. The van der Waals surface area contributed by atoms with Crippen molar-refractivity contribution in [3.05, 3.63) is 32.5 Å². The molecule has 1 unspecified atom stereocenters. The zero-order valence-electron chi connectivity index (χ0n) is 8.79. The van der Waals surface area contributed by atoms with Gasteiger partial charge in [-0.05, 0) is 49.1 Å². The second-order valence-corrected chi connectivity index (χ2v) is 5.31.